The monoisotopic (exact) mass is 378 g/mol. The molecule has 0 atom stereocenters. The quantitative estimate of drug-likeness (QED) is 0.450. The molecule has 4 rings (SSSR count). The first kappa shape index (κ1) is 17.4. The molecule has 0 radical (unpaired) electrons. The third kappa shape index (κ3) is 3.34. The molecule has 0 saturated carbocycles. The number of rotatable bonds is 5. The largest absolute Gasteiger partial charge is 0.493 e. The van der Waals surface area contributed by atoms with Gasteiger partial charge in [-0.15, -0.1) is 0 Å². The Hall–Kier alpha value is -3.05. The van der Waals surface area contributed by atoms with E-state index in [1.54, 1.807) is 30.3 Å². The molecule has 0 saturated heterocycles. The fourth-order valence-electron chi connectivity index (χ4n) is 3.13. The summed E-state index contributed by atoms with van der Waals surface area (Å²) in [6.07, 6.45) is 0. The topological polar surface area (TPSA) is 52.6 Å². The van der Waals surface area contributed by atoms with Gasteiger partial charge in [-0.3, -0.25) is 0 Å². The van der Waals surface area contributed by atoms with Gasteiger partial charge in [-0.05, 0) is 42.0 Å². The van der Waals surface area contributed by atoms with Crippen LogP contribution in [0, 0.1) is 0 Å². The van der Waals surface area contributed by atoms with E-state index < -0.39 is 10.1 Å². The van der Waals surface area contributed by atoms with Gasteiger partial charge < -0.3 is 8.92 Å². The molecule has 0 aliphatic carbocycles. The molecule has 0 amide bonds. The Morgan fingerprint density at radius 1 is 0.778 bits per heavy atom. The Kier molecular flexibility index (Phi) is 4.46. The Morgan fingerprint density at radius 3 is 2.26 bits per heavy atom. The molecule has 4 aromatic rings. The van der Waals surface area contributed by atoms with Gasteiger partial charge >= 0.3 is 10.1 Å². The van der Waals surface area contributed by atoms with E-state index in [-0.39, 0.29) is 10.6 Å². The lowest BCUT2D eigenvalue weighted by Gasteiger charge is -2.13. The van der Waals surface area contributed by atoms with Crippen LogP contribution in [-0.2, 0) is 10.1 Å². The molecular weight excluding hydrogens is 360 g/mol. The normalized spacial score (nSPS) is 11.6. The molecule has 5 heteroatoms. The first-order valence-electron chi connectivity index (χ1n) is 8.66. The van der Waals surface area contributed by atoms with Gasteiger partial charge in [0.15, 0.2) is 0 Å². The van der Waals surface area contributed by atoms with Crippen LogP contribution in [0.5, 0.6) is 11.5 Å². The van der Waals surface area contributed by atoms with Gasteiger partial charge in [-0.25, -0.2) is 0 Å². The van der Waals surface area contributed by atoms with Crippen molar-refractivity contribution in [3.05, 3.63) is 78.9 Å². The van der Waals surface area contributed by atoms with E-state index in [1.165, 1.54) is 6.07 Å². The third-order valence-electron chi connectivity index (χ3n) is 4.34. The van der Waals surface area contributed by atoms with Crippen LogP contribution in [-0.4, -0.2) is 15.0 Å². The average molecular weight is 378 g/mol. The summed E-state index contributed by atoms with van der Waals surface area (Å²) in [6, 6.07) is 23.4. The summed E-state index contributed by atoms with van der Waals surface area (Å²) in [6.45, 7) is 2.39. The van der Waals surface area contributed by atoms with Crippen molar-refractivity contribution < 1.29 is 17.3 Å². The molecule has 0 aliphatic heterocycles. The van der Waals surface area contributed by atoms with Crippen LogP contribution in [0.3, 0.4) is 0 Å². The fraction of sp³-hybridized carbons (Fsp3) is 0.0909. The molecule has 0 bridgehead atoms. The summed E-state index contributed by atoms with van der Waals surface area (Å²) in [7, 11) is -4.00. The smallest absolute Gasteiger partial charge is 0.339 e. The van der Waals surface area contributed by atoms with Gasteiger partial charge in [0, 0.05) is 10.8 Å². The van der Waals surface area contributed by atoms with Gasteiger partial charge in [0.1, 0.15) is 16.4 Å². The van der Waals surface area contributed by atoms with E-state index in [9.17, 15) is 8.42 Å². The van der Waals surface area contributed by atoms with Crippen molar-refractivity contribution in [3.63, 3.8) is 0 Å². The van der Waals surface area contributed by atoms with Crippen LogP contribution < -0.4 is 8.92 Å². The maximum Gasteiger partial charge on any atom is 0.339 e. The molecule has 136 valence electrons. The number of benzene rings is 4. The third-order valence-corrected chi connectivity index (χ3v) is 5.65. The molecular formula is C22H18O4S. The van der Waals surface area contributed by atoms with Crippen molar-refractivity contribution in [2.45, 2.75) is 11.8 Å². The fourth-order valence-corrected chi connectivity index (χ4v) is 4.26. The Labute approximate surface area is 158 Å². The molecule has 4 nitrogen and oxygen atoms in total. The molecule has 27 heavy (non-hydrogen) atoms. The molecule has 0 unspecified atom stereocenters. The molecule has 0 heterocycles. The summed E-state index contributed by atoms with van der Waals surface area (Å²) < 4.78 is 37.0. The molecule has 0 aliphatic rings. The number of hydrogen-bond acceptors (Lipinski definition) is 4. The average Bonchev–Trinajstić information content (AvgIpc) is 2.68. The van der Waals surface area contributed by atoms with Crippen LogP contribution >= 0.6 is 0 Å². The van der Waals surface area contributed by atoms with Crippen molar-refractivity contribution in [1.29, 1.82) is 0 Å². The van der Waals surface area contributed by atoms with E-state index in [4.69, 9.17) is 8.92 Å². The van der Waals surface area contributed by atoms with Crippen LogP contribution in [0.25, 0.3) is 21.5 Å². The molecule has 4 aromatic carbocycles. The van der Waals surface area contributed by atoms with Crippen LogP contribution in [0.1, 0.15) is 6.92 Å². The van der Waals surface area contributed by atoms with Crippen LogP contribution in [0.2, 0.25) is 0 Å². The Bertz CT molecular complexity index is 1230. The Morgan fingerprint density at radius 2 is 1.48 bits per heavy atom. The van der Waals surface area contributed by atoms with Crippen LogP contribution in [0.4, 0.5) is 0 Å². The highest BCUT2D eigenvalue weighted by Gasteiger charge is 2.21. The second-order valence-corrected chi connectivity index (χ2v) is 7.60. The Balaban J connectivity index is 1.78. The minimum absolute atomic E-state index is 0.120. The van der Waals surface area contributed by atoms with E-state index in [0.29, 0.717) is 17.7 Å². The van der Waals surface area contributed by atoms with Gasteiger partial charge in [-0.1, -0.05) is 54.6 Å². The zero-order chi connectivity index (χ0) is 18.9. The van der Waals surface area contributed by atoms with Gasteiger partial charge in [-0.2, -0.15) is 8.42 Å². The summed E-state index contributed by atoms with van der Waals surface area (Å²) in [4.78, 5) is 0.120. The molecule has 0 fully saturated rings. The molecule has 0 N–H and O–H groups in total. The van der Waals surface area contributed by atoms with Crippen molar-refractivity contribution in [2.24, 2.45) is 0 Å². The predicted molar refractivity (Wildman–Crippen MR) is 107 cm³/mol. The van der Waals surface area contributed by atoms with Crippen molar-refractivity contribution in [3.8, 4) is 11.5 Å². The van der Waals surface area contributed by atoms with Crippen molar-refractivity contribution >= 4 is 31.7 Å². The highest BCUT2D eigenvalue weighted by Crippen LogP contribution is 2.33. The van der Waals surface area contributed by atoms with E-state index in [0.717, 1.165) is 16.2 Å². The highest BCUT2D eigenvalue weighted by molar-refractivity contribution is 7.87. The summed E-state index contributed by atoms with van der Waals surface area (Å²) in [5.74, 6) is 0.935. The van der Waals surface area contributed by atoms with Gasteiger partial charge in [0.2, 0.25) is 0 Å². The number of fused-ring (bicyclic) bond motifs is 2. The summed E-state index contributed by atoms with van der Waals surface area (Å²) in [5.41, 5.74) is 0. The van der Waals surface area contributed by atoms with Gasteiger partial charge in [0.25, 0.3) is 0 Å². The highest BCUT2D eigenvalue weighted by atomic mass is 32.2. The lowest BCUT2D eigenvalue weighted by atomic mass is 10.1. The first-order chi connectivity index (χ1) is 13.1. The molecule has 0 spiro atoms. The lowest BCUT2D eigenvalue weighted by Crippen LogP contribution is -2.10. The van der Waals surface area contributed by atoms with E-state index in [1.807, 2.05) is 49.4 Å². The maximum atomic E-state index is 13.0. The maximum absolute atomic E-state index is 13.0. The van der Waals surface area contributed by atoms with E-state index >= 15 is 0 Å². The van der Waals surface area contributed by atoms with Crippen molar-refractivity contribution in [1.82, 2.24) is 0 Å². The second kappa shape index (κ2) is 6.93. The number of hydrogen-bond donors (Lipinski definition) is 0. The predicted octanol–water partition coefficient (Wildman–Crippen LogP) is 5.16. The van der Waals surface area contributed by atoms with Crippen LogP contribution in [0.15, 0.2) is 83.8 Å². The molecule has 0 aromatic heterocycles. The zero-order valence-electron chi connectivity index (χ0n) is 14.8. The summed E-state index contributed by atoms with van der Waals surface area (Å²) >= 11 is 0. The van der Waals surface area contributed by atoms with Crippen molar-refractivity contribution in [2.75, 3.05) is 6.61 Å². The number of ether oxygens (including phenoxy) is 1. The standard InChI is InChI=1S/C22H18O4S/c1-2-25-21-13-14-22(20-10-6-5-9-19(20)21)27(23,24)26-18-12-11-16-7-3-4-8-17(16)15-18/h3-15H,2H2,1H3. The first-order valence-corrected chi connectivity index (χ1v) is 10.1. The van der Waals surface area contributed by atoms with E-state index in [2.05, 4.69) is 0 Å². The minimum atomic E-state index is -4.00. The summed E-state index contributed by atoms with van der Waals surface area (Å²) in [5, 5.41) is 3.25. The second-order valence-electron chi connectivity index (χ2n) is 6.09. The minimum Gasteiger partial charge on any atom is -0.493 e. The lowest BCUT2D eigenvalue weighted by molar-refractivity contribution is 0.344. The zero-order valence-corrected chi connectivity index (χ0v) is 15.6. The SMILES string of the molecule is CCOc1ccc(S(=O)(=O)Oc2ccc3ccccc3c2)c2ccccc12. The van der Waals surface area contributed by atoms with Gasteiger partial charge in [0.05, 0.1) is 6.61 Å².